The van der Waals surface area contributed by atoms with E-state index in [0.29, 0.717) is 0 Å². The minimum absolute atomic E-state index is 0.178. The van der Waals surface area contributed by atoms with E-state index in [0.717, 1.165) is 0 Å². The van der Waals surface area contributed by atoms with Crippen LogP contribution in [0, 0.1) is 0 Å². The smallest absolute Gasteiger partial charge is 0.170 e. The lowest BCUT2D eigenvalue weighted by Crippen LogP contribution is -2.53. The molecule has 1 aromatic carbocycles. The van der Waals surface area contributed by atoms with Gasteiger partial charge in [0.15, 0.2) is 10.8 Å². The highest BCUT2D eigenvalue weighted by molar-refractivity contribution is 5.38. The molecule has 0 unspecified atom stereocenters. The van der Waals surface area contributed by atoms with E-state index in [9.17, 15) is 52.7 Å². The van der Waals surface area contributed by atoms with Gasteiger partial charge in [-0.15, -0.1) is 0 Å². The lowest BCUT2D eigenvalue weighted by Gasteiger charge is -2.37. The average molecular weight is 406 g/mol. The first kappa shape index (κ1) is 22.4. The van der Waals surface area contributed by atoms with Crippen LogP contribution in [0.2, 0.25) is 0 Å². The molecule has 1 rings (SSSR count). The summed E-state index contributed by atoms with van der Waals surface area (Å²) in [6, 6.07) is 0.285. The molecule has 0 spiro atoms. The largest absolute Gasteiger partial charge is 0.406 e. The van der Waals surface area contributed by atoms with Crippen molar-refractivity contribution in [2.45, 2.75) is 49.4 Å². The zero-order valence-electron chi connectivity index (χ0n) is 12.8. The fourth-order valence-electron chi connectivity index (χ4n) is 2.12. The van der Waals surface area contributed by atoms with Crippen molar-refractivity contribution in [2.75, 3.05) is 0 Å². The van der Waals surface area contributed by atoms with Crippen LogP contribution in [0.4, 0.5) is 52.7 Å². The molecule has 150 valence electrons. The minimum Gasteiger partial charge on any atom is -0.170 e. The summed E-state index contributed by atoms with van der Waals surface area (Å²) in [5.41, 5.74) is -12.9. The monoisotopic (exact) mass is 406 g/mol. The molecular weight excluding hydrogens is 396 g/mol. The lowest BCUT2D eigenvalue weighted by atomic mass is 9.75. The third kappa shape index (κ3) is 3.22. The molecule has 12 heteroatoms. The second-order valence-corrected chi connectivity index (χ2v) is 5.82. The molecule has 0 heterocycles. The first-order valence-electron chi connectivity index (χ1n) is 6.59. The van der Waals surface area contributed by atoms with Crippen molar-refractivity contribution in [3.8, 4) is 0 Å². The summed E-state index contributed by atoms with van der Waals surface area (Å²) in [4.78, 5) is 0. The number of alkyl halides is 12. The van der Waals surface area contributed by atoms with Crippen molar-refractivity contribution in [2.24, 2.45) is 0 Å². The summed E-state index contributed by atoms with van der Waals surface area (Å²) in [6.07, 6.45) is -24.1. The van der Waals surface area contributed by atoms with Crippen LogP contribution in [0.1, 0.15) is 25.0 Å². The topological polar surface area (TPSA) is 0 Å². The highest BCUT2D eigenvalue weighted by atomic mass is 19.4. The summed E-state index contributed by atoms with van der Waals surface area (Å²) in [7, 11) is 0. The van der Waals surface area contributed by atoms with Crippen molar-refractivity contribution in [3.63, 3.8) is 0 Å². The Kier molecular flexibility index (Phi) is 5.13. The van der Waals surface area contributed by atoms with Gasteiger partial charge in [-0.05, 0) is 25.0 Å². The van der Waals surface area contributed by atoms with Gasteiger partial charge < -0.3 is 0 Å². The summed E-state index contributed by atoms with van der Waals surface area (Å²) in [5, 5.41) is 0. The minimum atomic E-state index is -6.02. The molecule has 0 radical (unpaired) electrons. The molecule has 0 fully saturated rings. The van der Waals surface area contributed by atoms with Crippen molar-refractivity contribution < 1.29 is 52.7 Å². The van der Waals surface area contributed by atoms with E-state index in [1.165, 1.54) is 0 Å². The van der Waals surface area contributed by atoms with Crippen LogP contribution in [0.15, 0.2) is 24.3 Å². The van der Waals surface area contributed by atoms with Gasteiger partial charge in [0.1, 0.15) is 0 Å². The van der Waals surface area contributed by atoms with Gasteiger partial charge in [-0.3, -0.25) is 0 Å². The highest BCUT2D eigenvalue weighted by Gasteiger charge is 2.70. The Bertz CT molecular complexity index is 562. The predicted molar refractivity (Wildman–Crippen MR) is 65.4 cm³/mol. The molecule has 0 atom stereocenters. The normalized spacial score (nSPS) is 15.3. The average Bonchev–Trinajstić information content (AvgIpc) is 2.40. The Labute approximate surface area is 138 Å². The van der Waals surface area contributed by atoms with Crippen molar-refractivity contribution in [1.29, 1.82) is 0 Å². The molecule has 0 saturated heterocycles. The van der Waals surface area contributed by atoms with E-state index >= 15 is 0 Å². The summed E-state index contributed by atoms with van der Waals surface area (Å²) in [5.74, 6) is 0. The van der Waals surface area contributed by atoms with Crippen LogP contribution < -0.4 is 0 Å². The van der Waals surface area contributed by atoms with Gasteiger partial charge in [-0.1, -0.05) is 24.3 Å². The Hall–Kier alpha value is -1.62. The van der Waals surface area contributed by atoms with Gasteiger partial charge in [0.05, 0.1) is 0 Å². The van der Waals surface area contributed by atoms with Gasteiger partial charge in [-0.2, -0.15) is 52.7 Å². The van der Waals surface area contributed by atoms with Crippen LogP contribution in [0.5, 0.6) is 0 Å². The molecule has 26 heavy (non-hydrogen) atoms. The van der Waals surface area contributed by atoms with Gasteiger partial charge >= 0.3 is 24.7 Å². The lowest BCUT2D eigenvalue weighted by molar-refractivity contribution is -0.298. The molecule has 1 aromatic rings. The van der Waals surface area contributed by atoms with Crippen molar-refractivity contribution in [1.82, 2.24) is 0 Å². The van der Waals surface area contributed by atoms with E-state index in [2.05, 4.69) is 0 Å². The maximum Gasteiger partial charge on any atom is 0.406 e. The van der Waals surface area contributed by atoms with Gasteiger partial charge in [0.2, 0.25) is 0 Å². The molecule has 0 amide bonds. The first-order chi connectivity index (χ1) is 11.2. The van der Waals surface area contributed by atoms with E-state index in [1.807, 2.05) is 0 Å². The Morgan fingerprint density at radius 2 is 0.731 bits per heavy atom. The quantitative estimate of drug-likeness (QED) is 0.495. The Balaban J connectivity index is 3.80. The fourth-order valence-corrected chi connectivity index (χ4v) is 2.12. The third-order valence-corrected chi connectivity index (χ3v) is 4.29. The van der Waals surface area contributed by atoms with Crippen LogP contribution in [-0.2, 0) is 10.8 Å². The number of hydrogen-bond acceptors (Lipinski definition) is 0. The van der Waals surface area contributed by atoms with Gasteiger partial charge in [-0.25, -0.2) is 0 Å². The van der Waals surface area contributed by atoms with Gasteiger partial charge in [0, 0.05) is 0 Å². The van der Waals surface area contributed by atoms with Crippen LogP contribution >= 0.6 is 0 Å². The molecule has 0 bridgehead atoms. The van der Waals surface area contributed by atoms with E-state index in [1.54, 1.807) is 0 Å². The number of rotatable bonds is 2. The maximum absolute atomic E-state index is 13.0. The Morgan fingerprint density at radius 1 is 0.500 bits per heavy atom. The predicted octanol–water partition coefficient (Wildman–Crippen LogP) is 6.45. The highest BCUT2D eigenvalue weighted by Crippen LogP contribution is 2.55. The maximum atomic E-state index is 13.0. The van der Waals surface area contributed by atoms with E-state index < -0.39 is 46.7 Å². The molecule has 0 aliphatic heterocycles. The second-order valence-electron chi connectivity index (χ2n) is 5.82. The van der Waals surface area contributed by atoms with Crippen LogP contribution in [-0.4, -0.2) is 24.7 Å². The molecule has 0 aliphatic rings. The third-order valence-electron chi connectivity index (χ3n) is 4.29. The number of hydrogen-bond donors (Lipinski definition) is 0. The SMILES string of the molecule is CC(c1cccc(C(C)(C(F)(F)F)C(F)(F)F)c1)(C(F)(F)F)C(F)(F)F. The molecule has 0 aliphatic carbocycles. The Morgan fingerprint density at radius 3 is 0.923 bits per heavy atom. The summed E-state index contributed by atoms with van der Waals surface area (Å²) in [6.45, 7) is -0.713. The van der Waals surface area contributed by atoms with Crippen molar-refractivity contribution >= 4 is 0 Å². The fraction of sp³-hybridized carbons (Fsp3) is 0.571. The standard InChI is InChI=1S/C14H10F12/c1-9(11(15,16)17,12(18,19)20)7-4-3-5-8(6-7)10(2,13(21,22)23)14(24,25)26/h3-6H,1-2H3. The molecule has 0 saturated carbocycles. The summed E-state index contributed by atoms with van der Waals surface area (Å²) < 4.78 is 156. The van der Waals surface area contributed by atoms with Crippen molar-refractivity contribution in [3.05, 3.63) is 35.4 Å². The van der Waals surface area contributed by atoms with Crippen LogP contribution in [0.25, 0.3) is 0 Å². The van der Waals surface area contributed by atoms with E-state index in [-0.39, 0.29) is 38.1 Å². The summed E-state index contributed by atoms with van der Waals surface area (Å²) >= 11 is 0. The molecule has 0 N–H and O–H groups in total. The molecule has 0 nitrogen and oxygen atoms in total. The van der Waals surface area contributed by atoms with E-state index in [4.69, 9.17) is 0 Å². The van der Waals surface area contributed by atoms with Crippen LogP contribution in [0.3, 0.4) is 0 Å². The second kappa shape index (κ2) is 5.95. The number of benzene rings is 1. The number of halogens is 12. The molecule has 0 aromatic heterocycles. The zero-order chi connectivity index (χ0) is 21.0. The molecular formula is C14H10F12. The van der Waals surface area contributed by atoms with Gasteiger partial charge in [0.25, 0.3) is 0 Å². The zero-order valence-corrected chi connectivity index (χ0v) is 12.8. The first-order valence-corrected chi connectivity index (χ1v) is 6.59.